The highest BCUT2D eigenvalue weighted by atomic mass is 16.1. The van der Waals surface area contributed by atoms with Crippen LogP contribution in [-0.4, -0.2) is 16.9 Å². The maximum atomic E-state index is 12.5. The third-order valence-corrected chi connectivity index (χ3v) is 4.25. The summed E-state index contributed by atoms with van der Waals surface area (Å²) in [7, 11) is 0. The van der Waals surface area contributed by atoms with Gasteiger partial charge in [-0.1, -0.05) is 30.3 Å². The number of benzene rings is 2. The molecular weight excluding hydrogens is 272 g/mol. The summed E-state index contributed by atoms with van der Waals surface area (Å²) in [5, 5.41) is 4.14. The summed E-state index contributed by atoms with van der Waals surface area (Å²) in [5.74, 6) is -0.0106. The molecule has 2 aromatic carbocycles. The van der Waals surface area contributed by atoms with E-state index < -0.39 is 0 Å². The normalized spacial score (nSPS) is 14.0. The molecule has 1 aliphatic carbocycles. The molecule has 0 saturated heterocycles. The minimum absolute atomic E-state index is 0.0106. The van der Waals surface area contributed by atoms with E-state index >= 15 is 0 Å². The van der Waals surface area contributed by atoms with Gasteiger partial charge in [0.15, 0.2) is 0 Å². The number of hydrogen-bond acceptors (Lipinski definition) is 2. The molecule has 0 unspecified atom stereocenters. The highest BCUT2D eigenvalue weighted by Gasteiger charge is 2.22. The fourth-order valence-electron chi connectivity index (χ4n) is 3.15. The lowest BCUT2D eigenvalue weighted by atomic mass is 10.1. The molecule has 3 heteroatoms. The highest BCUT2D eigenvalue weighted by Crippen LogP contribution is 2.22. The molecule has 1 aromatic heterocycles. The number of fused-ring (bicyclic) bond motifs is 2. The number of nitrogens with zero attached hydrogens (tertiary/aromatic N) is 1. The maximum Gasteiger partial charge on any atom is 0.251 e. The molecule has 0 spiro atoms. The molecule has 0 atom stereocenters. The second-order valence-electron chi connectivity index (χ2n) is 5.76. The predicted octanol–water partition coefficient (Wildman–Crippen LogP) is 3.13. The number of pyridine rings is 1. The standard InChI is InChI=1S/C19H16N2O/c22-19(16-7-8-18-15(10-16)6-3-9-20-18)21-17-11-13-4-1-2-5-14(13)12-17/h1-10,17H,11-12H2,(H,21,22). The first kappa shape index (κ1) is 13.0. The Bertz CT molecular complexity index is 832. The first-order valence-corrected chi connectivity index (χ1v) is 7.52. The zero-order chi connectivity index (χ0) is 14.9. The zero-order valence-corrected chi connectivity index (χ0v) is 12.1. The van der Waals surface area contributed by atoms with Crippen molar-refractivity contribution in [3.8, 4) is 0 Å². The van der Waals surface area contributed by atoms with Crippen molar-refractivity contribution >= 4 is 16.8 Å². The Kier molecular flexibility index (Phi) is 3.11. The van der Waals surface area contributed by atoms with Crippen LogP contribution in [0.4, 0.5) is 0 Å². The second kappa shape index (κ2) is 5.26. The monoisotopic (exact) mass is 288 g/mol. The molecule has 0 radical (unpaired) electrons. The number of nitrogens with one attached hydrogen (secondary N) is 1. The molecule has 0 saturated carbocycles. The van der Waals surface area contributed by atoms with Crippen molar-refractivity contribution in [2.75, 3.05) is 0 Å². The number of aromatic nitrogens is 1. The van der Waals surface area contributed by atoms with E-state index in [0.717, 1.165) is 23.7 Å². The van der Waals surface area contributed by atoms with Crippen molar-refractivity contribution in [2.24, 2.45) is 0 Å². The Morgan fingerprint density at radius 1 is 1.00 bits per heavy atom. The Morgan fingerprint density at radius 2 is 1.77 bits per heavy atom. The third-order valence-electron chi connectivity index (χ3n) is 4.25. The molecule has 108 valence electrons. The first-order chi connectivity index (χ1) is 10.8. The van der Waals surface area contributed by atoms with Crippen molar-refractivity contribution in [2.45, 2.75) is 18.9 Å². The van der Waals surface area contributed by atoms with E-state index in [-0.39, 0.29) is 11.9 Å². The van der Waals surface area contributed by atoms with Crippen LogP contribution >= 0.6 is 0 Å². The van der Waals surface area contributed by atoms with Gasteiger partial charge in [0.2, 0.25) is 0 Å². The van der Waals surface area contributed by atoms with E-state index in [1.54, 1.807) is 6.20 Å². The van der Waals surface area contributed by atoms with Crippen LogP contribution in [-0.2, 0) is 12.8 Å². The van der Waals surface area contributed by atoms with Gasteiger partial charge in [0.25, 0.3) is 5.91 Å². The lowest BCUT2D eigenvalue weighted by Crippen LogP contribution is -2.35. The van der Waals surface area contributed by atoms with Crippen LogP contribution in [0.3, 0.4) is 0 Å². The topological polar surface area (TPSA) is 42.0 Å². The Balaban J connectivity index is 1.52. The second-order valence-corrected chi connectivity index (χ2v) is 5.76. The predicted molar refractivity (Wildman–Crippen MR) is 86.8 cm³/mol. The van der Waals surface area contributed by atoms with E-state index in [0.29, 0.717) is 5.56 Å². The van der Waals surface area contributed by atoms with Gasteiger partial charge in [0.1, 0.15) is 0 Å². The summed E-state index contributed by atoms with van der Waals surface area (Å²) in [6.45, 7) is 0. The van der Waals surface area contributed by atoms with Gasteiger partial charge in [0, 0.05) is 23.2 Å². The number of hydrogen-bond donors (Lipinski definition) is 1. The van der Waals surface area contributed by atoms with E-state index in [1.165, 1.54) is 11.1 Å². The molecule has 1 N–H and O–H groups in total. The van der Waals surface area contributed by atoms with Crippen LogP contribution in [0.5, 0.6) is 0 Å². The molecule has 1 aliphatic rings. The fraction of sp³-hybridized carbons (Fsp3) is 0.158. The molecule has 0 bridgehead atoms. The average molecular weight is 288 g/mol. The highest BCUT2D eigenvalue weighted by molar-refractivity contribution is 5.98. The number of amides is 1. The molecule has 4 rings (SSSR count). The van der Waals surface area contributed by atoms with Gasteiger partial charge < -0.3 is 5.32 Å². The average Bonchev–Trinajstić information content (AvgIpc) is 2.96. The van der Waals surface area contributed by atoms with Gasteiger partial charge in [-0.05, 0) is 48.2 Å². The number of carbonyl (C=O) groups excluding carboxylic acids is 1. The molecule has 0 fully saturated rings. The van der Waals surface area contributed by atoms with Crippen LogP contribution in [0.1, 0.15) is 21.5 Å². The van der Waals surface area contributed by atoms with E-state index in [9.17, 15) is 4.79 Å². The van der Waals surface area contributed by atoms with Gasteiger partial charge in [0.05, 0.1) is 5.52 Å². The SMILES string of the molecule is O=C(NC1Cc2ccccc2C1)c1ccc2ncccc2c1. The summed E-state index contributed by atoms with van der Waals surface area (Å²) >= 11 is 0. The smallest absolute Gasteiger partial charge is 0.251 e. The largest absolute Gasteiger partial charge is 0.349 e. The maximum absolute atomic E-state index is 12.5. The van der Waals surface area contributed by atoms with Crippen molar-refractivity contribution in [1.82, 2.24) is 10.3 Å². The molecular formula is C19H16N2O. The number of rotatable bonds is 2. The van der Waals surface area contributed by atoms with Gasteiger partial charge >= 0.3 is 0 Å². The van der Waals surface area contributed by atoms with Crippen molar-refractivity contribution in [1.29, 1.82) is 0 Å². The quantitative estimate of drug-likeness (QED) is 0.787. The van der Waals surface area contributed by atoms with Crippen LogP contribution in [0.15, 0.2) is 60.8 Å². The molecule has 3 aromatic rings. The van der Waals surface area contributed by atoms with E-state index in [2.05, 4.69) is 34.6 Å². The fourth-order valence-corrected chi connectivity index (χ4v) is 3.15. The molecule has 1 amide bonds. The summed E-state index contributed by atoms with van der Waals surface area (Å²) < 4.78 is 0. The van der Waals surface area contributed by atoms with Gasteiger partial charge in [-0.25, -0.2) is 0 Å². The Hall–Kier alpha value is -2.68. The van der Waals surface area contributed by atoms with Crippen LogP contribution < -0.4 is 5.32 Å². The van der Waals surface area contributed by atoms with E-state index in [4.69, 9.17) is 0 Å². The van der Waals surface area contributed by atoms with Crippen molar-refractivity contribution in [3.05, 3.63) is 77.5 Å². The lowest BCUT2D eigenvalue weighted by molar-refractivity contribution is 0.0938. The van der Waals surface area contributed by atoms with Crippen molar-refractivity contribution in [3.63, 3.8) is 0 Å². The molecule has 22 heavy (non-hydrogen) atoms. The van der Waals surface area contributed by atoms with Gasteiger partial charge in [-0.3, -0.25) is 9.78 Å². The van der Waals surface area contributed by atoms with E-state index in [1.807, 2.05) is 30.3 Å². The summed E-state index contributed by atoms with van der Waals surface area (Å²) in [4.78, 5) is 16.7. The van der Waals surface area contributed by atoms with Crippen LogP contribution in [0, 0.1) is 0 Å². The van der Waals surface area contributed by atoms with Gasteiger partial charge in [-0.2, -0.15) is 0 Å². The Labute approximate surface area is 129 Å². The molecule has 3 nitrogen and oxygen atoms in total. The summed E-state index contributed by atoms with van der Waals surface area (Å²) in [5.41, 5.74) is 4.29. The third kappa shape index (κ3) is 2.35. The van der Waals surface area contributed by atoms with Crippen molar-refractivity contribution < 1.29 is 4.79 Å². The molecule has 0 aliphatic heterocycles. The van der Waals surface area contributed by atoms with Crippen LogP contribution in [0.2, 0.25) is 0 Å². The zero-order valence-electron chi connectivity index (χ0n) is 12.1. The molecule has 1 heterocycles. The van der Waals surface area contributed by atoms with Gasteiger partial charge in [-0.15, -0.1) is 0 Å². The summed E-state index contributed by atoms with van der Waals surface area (Å²) in [6, 6.07) is 18.1. The lowest BCUT2D eigenvalue weighted by Gasteiger charge is -2.12. The Morgan fingerprint density at radius 3 is 2.55 bits per heavy atom. The first-order valence-electron chi connectivity index (χ1n) is 7.52. The van der Waals surface area contributed by atoms with Crippen LogP contribution in [0.25, 0.3) is 10.9 Å². The minimum Gasteiger partial charge on any atom is -0.349 e. The summed E-state index contributed by atoms with van der Waals surface area (Å²) in [6.07, 6.45) is 3.59. The minimum atomic E-state index is -0.0106. The number of carbonyl (C=O) groups is 1.